The molecule has 13 heavy (non-hydrogen) atoms. The van der Waals surface area contributed by atoms with Gasteiger partial charge < -0.3 is 10.1 Å². The molecule has 2 aliphatic rings. The molecule has 2 rings (SSSR count). The van der Waals surface area contributed by atoms with Crippen LogP contribution in [0.4, 0.5) is 0 Å². The molecule has 3 unspecified atom stereocenters. The van der Waals surface area contributed by atoms with Crippen molar-refractivity contribution in [2.75, 3.05) is 18.1 Å². The van der Waals surface area contributed by atoms with Crippen molar-refractivity contribution in [1.82, 2.24) is 5.32 Å². The Morgan fingerprint density at radius 2 is 2.23 bits per heavy atom. The van der Waals surface area contributed by atoms with Crippen LogP contribution in [-0.2, 0) is 14.6 Å². The van der Waals surface area contributed by atoms with E-state index in [9.17, 15) is 8.42 Å². The van der Waals surface area contributed by atoms with Crippen molar-refractivity contribution in [2.45, 2.75) is 31.6 Å². The van der Waals surface area contributed by atoms with E-state index in [2.05, 4.69) is 5.32 Å². The summed E-state index contributed by atoms with van der Waals surface area (Å²) in [4.78, 5) is 0. The number of ether oxygens (including phenoxy) is 1. The SMILES string of the molecule is CC1CNC2CS(=O)(=O)CCC2O1. The van der Waals surface area contributed by atoms with E-state index < -0.39 is 9.84 Å². The summed E-state index contributed by atoms with van der Waals surface area (Å²) in [7, 11) is -2.81. The third-order valence-corrected chi connectivity index (χ3v) is 4.39. The van der Waals surface area contributed by atoms with Crippen LogP contribution in [0, 0.1) is 0 Å². The van der Waals surface area contributed by atoms with Gasteiger partial charge in [0, 0.05) is 12.6 Å². The van der Waals surface area contributed by atoms with E-state index in [4.69, 9.17) is 4.74 Å². The van der Waals surface area contributed by atoms with Gasteiger partial charge in [-0.3, -0.25) is 0 Å². The second-order valence-electron chi connectivity index (χ2n) is 3.90. The highest BCUT2D eigenvalue weighted by atomic mass is 32.2. The van der Waals surface area contributed by atoms with E-state index in [0.717, 1.165) is 6.54 Å². The molecular formula is C8H15NO3S. The number of sulfone groups is 1. The van der Waals surface area contributed by atoms with Crippen molar-refractivity contribution >= 4 is 9.84 Å². The summed E-state index contributed by atoms with van der Waals surface area (Å²) >= 11 is 0. The van der Waals surface area contributed by atoms with Crippen molar-refractivity contribution in [3.63, 3.8) is 0 Å². The Morgan fingerprint density at radius 3 is 3.00 bits per heavy atom. The Bertz CT molecular complexity index is 288. The zero-order chi connectivity index (χ0) is 9.47. The first-order valence-electron chi connectivity index (χ1n) is 4.66. The molecule has 0 aromatic rings. The minimum Gasteiger partial charge on any atom is -0.372 e. The highest BCUT2D eigenvalue weighted by Crippen LogP contribution is 2.20. The van der Waals surface area contributed by atoms with Crippen molar-refractivity contribution in [3.05, 3.63) is 0 Å². The average Bonchev–Trinajstić information content (AvgIpc) is 2.05. The molecule has 0 spiro atoms. The van der Waals surface area contributed by atoms with Crippen LogP contribution in [0.15, 0.2) is 0 Å². The lowest BCUT2D eigenvalue weighted by molar-refractivity contribution is -0.0521. The van der Waals surface area contributed by atoms with E-state index in [0.29, 0.717) is 6.42 Å². The molecule has 3 atom stereocenters. The van der Waals surface area contributed by atoms with Crippen LogP contribution in [0.5, 0.6) is 0 Å². The van der Waals surface area contributed by atoms with Gasteiger partial charge in [0.2, 0.25) is 0 Å². The van der Waals surface area contributed by atoms with E-state index in [1.807, 2.05) is 6.92 Å². The Kier molecular flexibility index (Phi) is 2.33. The molecule has 76 valence electrons. The van der Waals surface area contributed by atoms with Crippen molar-refractivity contribution < 1.29 is 13.2 Å². The maximum atomic E-state index is 11.3. The normalized spacial score (nSPS) is 43.9. The summed E-state index contributed by atoms with van der Waals surface area (Å²) < 4.78 is 28.2. The van der Waals surface area contributed by atoms with Crippen LogP contribution in [-0.4, -0.2) is 44.7 Å². The lowest BCUT2D eigenvalue weighted by atomic mass is 10.1. The third kappa shape index (κ3) is 2.03. The molecule has 0 aromatic carbocycles. The summed E-state index contributed by atoms with van der Waals surface area (Å²) in [5, 5.41) is 3.22. The Hall–Kier alpha value is -0.130. The largest absolute Gasteiger partial charge is 0.372 e. The van der Waals surface area contributed by atoms with E-state index in [1.165, 1.54) is 0 Å². The molecule has 1 N–H and O–H groups in total. The number of hydrogen-bond donors (Lipinski definition) is 1. The summed E-state index contributed by atoms with van der Waals surface area (Å²) in [6.45, 7) is 2.77. The Morgan fingerprint density at radius 1 is 1.46 bits per heavy atom. The molecule has 0 saturated carbocycles. The number of hydrogen-bond acceptors (Lipinski definition) is 4. The minimum absolute atomic E-state index is 0.0231. The predicted octanol–water partition coefficient (Wildman–Crippen LogP) is -0.450. The van der Waals surface area contributed by atoms with Gasteiger partial charge in [-0.25, -0.2) is 8.42 Å². The van der Waals surface area contributed by atoms with Gasteiger partial charge in [-0.05, 0) is 13.3 Å². The molecule has 4 nitrogen and oxygen atoms in total. The lowest BCUT2D eigenvalue weighted by Crippen LogP contribution is -2.57. The van der Waals surface area contributed by atoms with Gasteiger partial charge in [0.1, 0.15) is 0 Å². The van der Waals surface area contributed by atoms with Gasteiger partial charge in [0.05, 0.1) is 23.7 Å². The first kappa shape index (κ1) is 9.43. The highest BCUT2D eigenvalue weighted by Gasteiger charge is 2.37. The number of nitrogens with one attached hydrogen (secondary N) is 1. The molecule has 0 radical (unpaired) electrons. The van der Waals surface area contributed by atoms with Gasteiger partial charge in [-0.1, -0.05) is 0 Å². The number of rotatable bonds is 0. The molecule has 0 amide bonds. The van der Waals surface area contributed by atoms with E-state index in [-0.39, 0.29) is 29.8 Å². The molecule has 2 fully saturated rings. The topological polar surface area (TPSA) is 55.4 Å². The maximum absolute atomic E-state index is 11.3. The van der Waals surface area contributed by atoms with Gasteiger partial charge in [-0.15, -0.1) is 0 Å². The fourth-order valence-corrected chi connectivity index (χ4v) is 3.62. The monoisotopic (exact) mass is 205 g/mol. The van der Waals surface area contributed by atoms with Crippen LogP contribution >= 0.6 is 0 Å². The molecule has 2 aliphatic heterocycles. The molecule has 2 heterocycles. The van der Waals surface area contributed by atoms with Crippen LogP contribution in [0.3, 0.4) is 0 Å². The highest BCUT2D eigenvalue weighted by molar-refractivity contribution is 7.91. The molecular weight excluding hydrogens is 190 g/mol. The smallest absolute Gasteiger partial charge is 0.152 e. The fraction of sp³-hybridized carbons (Fsp3) is 1.00. The zero-order valence-electron chi connectivity index (χ0n) is 7.69. The Balaban J connectivity index is 2.06. The van der Waals surface area contributed by atoms with Crippen molar-refractivity contribution in [2.24, 2.45) is 0 Å². The fourth-order valence-electron chi connectivity index (χ4n) is 1.98. The maximum Gasteiger partial charge on any atom is 0.152 e. The van der Waals surface area contributed by atoms with Crippen LogP contribution in [0.25, 0.3) is 0 Å². The minimum atomic E-state index is -2.81. The van der Waals surface area contributed by atoms with Crippen LogP contribution in [0.2, 0.25) is 0 Å². The summed E-state index contributed by atoms with van der Waals surface area (Å²) in [6.07, 6.45) is 0.957. The summed E-state index contributed by atoms with van der Waals surface area (Å²) in [5.74, 6) is 0.521. The lowest BCUT2D eigenvalue weighted by Gasteiger charge is -2.38. The first-order chi connectivity index (χ1) is 6.07. The zero-order valence-corrected chi connectivity index (χ0v) is 8.51. The molecule has 0 aromatic heterocycles. The molecule has 5 heteroatoms. The predicted molar refractivity (Wildman–Crippen MR) is 49.4 cm³/mol. The van der Waals surface area contributed by atoms with Crippen molar-refractivity contribution in [1.29, 1.82) is 0 Å². The summed E-state index contributed by atoms with van der Waals surface area (Å²) in [6, 6.07) is 0.0231. The number of fused-ring (bicyclic) bond motifs is 1. The quantitative estimate of drug-likeness (QED) is 0.582. The van der Waals surface area contributed by atoms with Gasteiger partial charge in [0.15, 0.2) is 9.84 Å². The molecule has 2 saturated heterocycles. The second kappa shape index (κ2) is 3.22. The Labute approximate surface area is 78.6 Å². The van der Waals surface area contributed by atoms with E-state index >= 15 is 0 Å². The average molecular weight is 205 g/mol. The standard InChI is InChI=1S/C8H15NO3S/c1-6-4-9-7-5-13(10,11)3-2-8(7)12-6/h6-9H,2-5H2,1H3. The summed E-state index contributed by atoms with van der Waals surface area (Å²) in [5.41, 5.74) is 0. The molecule has 0 bridgehead atoms. The molecule has 0 aliphatic carbocycles. The van der Waals surface area contributed by atoms with Crippen LogP contribution in [0.1, 0.15) is 13.3 Å². The first-order valence-corrected chi connectivity index (χ1v) is 6.48. The van der Waals surface area contributed by atoms with Gasteiger partial charge >= 0.3 is 0 Å². The van der Waals surface area contributed by atoms with Crippen molar-refractivity contribution in [3.8, 4) is 0 Å². The van der Waals surface area contributed by atoms with Gasteiger partial charge in [-0.2, -0.15) is 0 Å². The third-order valence-electron chi connectivity index (χ3n) is 2.67. The van der Waals surface area contributed by atoms with Gasteiger partial charge in [0.25, 0.3) is 0 Å². The van der Waals surface area contributed by atoms with E-state index in [1.54, 1.807) is 0 Å². The number of morpholine rings is 1. The van der Waals surface area contributed by atoms with Crippen LogP contribution < -0.4 is 5.32 Å². The second-order valence-corrected chi connectivity index (χ2v) is 6.13.